The molecular weight excluding hydrogens is 420 g/mol. The number of hydrazone groups is 1. The number of ether oxygens (including phenoxy) is 3. The molecule has 0 aliphatic carbocycles. The van der Waals surface area contributed by atoms with Gasteiger partial charge in [-0.05, 0) is 79.6 Å². The third-order valence-electron chi connectivity index (χ3n) is 4.45. The van der Waals surface area contributed by atoms with Crippen LogP contribution in [0.4, 0.5) is 0 Å². The highest BCUT2D eigenvalue weighted by atomic mass is 16.5. The van der Waals surface area contributed by atoms with Gasteiger partial charge in [0.2, 0.25) is 0 Å². The molecule has 3 rings (SSSR count). The van der Waals surface area contributed by atoms with E-state index in [1.54, 1.807) is 60.7 Å². The summed E-state index contributed by atoms with van der Waals surface area (Å²) in [5.41, 5.74) is 4.68. The average Bonchev–Trinajstić information content (AvgIpc) is 2.84. The molecule has 0 spiro atoms. The molecule has 1 N–H and O–H groups in total. The minimum Gasteiger partial charge on any atom is -0.494 e. The summed E-state index contributed by atoms with van der Waals surface area (Å²) in [6.07, 6.45) is 2.41. The van der Waals surface area contributed by atoms with Crippen LogP contribution in [0.1, 0.15) is 34.8 Å². The van der Waals surface area contributed by atoms with Gasteiger partial charge in [0.1, 0.15) is 17.2 Å². The molecule has 0 saturated carbocycles. The van der Waals surface area contributed by atoms with Gasteiger partial charge < -0.3 is 14.2 Å². The summed E-state index contributed by atoms with van der Waals surface area (Å²) < 4.78 is 16.3. The number of rotatable bonds is 10. The van der Waals surface area contributed by atoms with Crippen LogP contribution < -0.4 is 19.6 Å². The van der Waals surface area contributed by atoms with Crippen molar-refractivity contribution >= 4 is 18.1 Å². The predicted molar refractivity (Wildman–Crippen MR) is 126 cm³/mol. The first-order valence-electron chi connectivity index (χ1n) is 10.6. The fraction of sp³-hybridized carbons (Fsp3) is 0.192. The Kier molecular flexibility index (Phi) is 8.59. The third-order valence-corrected chi connectivity index (χ3v) is 4.45. The van der Waals surface area contributed by atoms with Gasteiger partial charge in [-0.1, -0.05) is 24.6 Å². The van der Waals surface area contributed by atoms with Crippen LogP contribution in [0.25, 0.3) is 0 Å². The van der Waals surface area contributed by atoms with E-state index in [0.717, 1.165) is 17.5 Å². The second kappa shape index (κ2) is 12.0. The van der Waals surface area contributed by atoms with E-state index in [9.17, 15) is 9.59 Å². The van der Waals surface area contributed by atoms with Crippen molar-refractivity contribution in [3.8, 4) is 17.2 Å². The third kappa shape index (κ3) is 7.81. The fourth-order valence-corrected chi connectivity index (χ4v) is 2.69. The number of hydrogen-bond donors (Lipinski definition) is 1. The van der Waals surface area contributed by atoms with Gasteiger partial charge in [-0.25, -0.2) is 10.2 Å². The summed E-state index contributed by atoms with van der Waals surface area (Å²) in [7, 11) is 0. The zero-order chi connectivity index (χ0) is 23.5. The Morgan fingerprint density at radius 1 is 0.848 bits per heavy atom. The Bertz CT molecular complexity index is 1080. The molecule has 1 amide bonds. The first kappa shape index (κ1) is 23.5. The van der Waals surface area contributed by atoms with Crippen LogP contribution in [0.5, 0.6) is 17.2 Å². The van der Waals surface area contributed by atoms with Crippen LogP contribution in [0.15, 0.2) is 77.9 Å². The molecule has 0 bridgehead atoms. The average molecular weight is 447 g/mol. The van der Waals surface area contributed by atoms with Gasteiger partial charge in [-0.15, -0.1) is 0 Å². The lowest BCUT2D eigenvalue weighted by Crippen LogP contribution is -2.24. The summed E-state index contributed by atoms with van der Waals surface area (Å²) in [4.78, 5) is 24.1. The van der Waals surface area contributed by atoms with E-state index in [0.29, 0.717) is 29.4 Å². The van der Waals surface area contributed by atoms with Crippen molar-refractivity contribution < 1.29 is 23.8 Å². The van der Waals surface area contributed by atoms with Crippen LogP contribution in [0, 0.1) is 6.92 Å². The standard InChI is InChI=1S/C26H26N2O5/c1-3-16-31-22-14-8-21(9-15-22)26(30)33-24-12-6-20(7-13-24)17-27-28-25(29)18-32-23-10-4-19(2)5-11-23/h4-15,17H,3,16,18H2,1-2H3,(H,28,29)/b27-17-. The number of aryl methyl sites for hydroxylation is 1. The lowest BCUT2D eigenvalue weighted by Gasteiger charge is -2.07. The number of carbonyl (C=O) groups excluding carboxylic acids is 2. The van der Waals surface area contributed by atoms with E-state index in [4.69, 9.17) is 14.2 Å². The molecule has 0 aromatic heterocycles. The van der Waals surface area contributed by atoms with E-state index in [1.807, 2.05) is 26.0 Å². The molecule has 0 aliphatic rings. The molecule has 3 aromatic rings. The summed E-state index contributed by atoms with van der Waals surface area (Å²) >= 11 is 0. The van der Waals surface area contributed by atoms with Gasteiger partial charge in [0.05, 0.1) is 18.4 Å². The maximum atomic E-state index is 12.3. The first-order valence-corrected chi connectivity index (χ1v) is 10.6. The lowest BCUT2D eigenvalue weighted by molar-refractivity contribution is -0.123. The van der Waals surface area contributed by atoms with Crippen molar-refractivity contribution in [2.24, 2.45) is 5.10 Å². The lowest BCUT2D eigenvalue weighted by atomic mass is 10.2. The van der Waals surface area contributed by atoms with Crippen LogP contribution >= 0.6 is 0 Å². The van der Waals surface area contributed by atoms with Crippen molar-refractivity contribution in [1.29, 1.82) is 0 Å². The zero-order valence-corrected chi connectivity index (χ0v) is 18.6. The molecule has 0 unspecified atom stereocenters. The molecule has 0 atom stereocenters. The number of esters is 1. The van der Waals surface area contributed by atoms with Gasteiger partial charge in [0, 0.05) is 0 Å². The van der Waals surface area contributed by atoms with Crippen molar-refractivity contribution in [3.63, 3.8) is 0 Å². The Hall–Kier alpha value is -4.13. The SMILES string of the molecule is CCCOc1ccc(C(=O)Oc2ccc(/C=N\NC(=O)COc3ccc(C)cc3)cc2)cc1. The summed E-state index contributed by atoms with van der Waals surface area (Å²) in [6, 6.07) is 21.0. The molecular formula is C26H26N2O5. The largest absolute Gasteiger partial charge is 0.494 e. The van der Waals surface area contributed by atoms with Crippen LogP contribution in [-0.4, -0.2) is 31.3 Å². The highest BCUT2D eigenvalue weighted by Gasteiger charge is 2.09. The zero-order valence-electron chi connectivity index (χ0n) is 18.6. The number of benzene rings is 3. The molecule has 170 valence electrons. The predicted octanol–water partition coefficient (Wildman–Crippen LogP) is 4.53. The molecule has 0 heterocycles. The topological polar surface area (TPSA) is 86.2 Å². The molecule has 0 saturated heterocycles. The highest BCUT2D eigenvalue weighted by molar-refractivity contribution is 5.91. The van der Waals surface area contributed by atoms with Gasteiger partial charge in [-0.2, -0.15) is 5.10 Å². The van der Waals surface area contributed by atoms with Gasteiger partial charge in [-0.3, -0.25) is 4.79 Å². The number of carbonyl (C=O) groups is 2. The fourth-order valence-electron chi connectivity index (χ4n) is 2.69. The smallest absolute Gasteiger partial charge is 0.343 e. The Labute approximate surface area is 193 Å². The number of nitrogens with zero attached hydrogens (tertiary/aromatic N) is 1. The maximum Gasteiger partial charge on any atom is 0.343 e. The Morgan fingerprint density at radius 3 is 2.12 bits per heavy atom. The minimum absolute atomic E-state index is 0.138. The second-order valence-electron chi connectivity index (χ2n) is 7.23. The number of amides is 1. The van der Waals surface area contributed by atoms with Crippen molar-refractivity contribution in [1.82, 2.24) is 5.43 Å². The molecule has 7 heteroatoms. The van der Waals surface area contributed by atoms with E-state index in [-0.39, 0.29) is 12.5 Å². The van der Waals surface area contributed by atoms with Crippen LogP contribution in [0.2, 0.25) is 0 Å². The van der Waals surface area contributed by atoms with Crippen LogP contribution in [0.3, 0.4) is 0 Å². The summed E-state index contributed by atoms with van der Waals surface area (Å²) in [6.45, 7) is 4.50. The van der Waals surface area contributed by atoms with Crippen molar-refractivity contribution in [3.05, 3.63) is 89.5 Å². The number of hydrogen-bond acceptors (Lipinski definition) is 6. The Balaban J connectivity index is 1.44. The second-order valence-corrected chi connectivity index (χ2v) is 7.23. The molecule has 7 nitrogen and oxygen atoms in total. The van der Waals surface area contributed by atoms with Crippen molar-refractivity contribution in [2.75, 3.05) is 13.2 Å². The van der Waals surface area contributed by atoms with E-state index in [2.05, 4.69) is 10.5 Å². The molecule has 0 aliphatic heterocycles. The molecule has 33 heavy (non-hydrogen) atoms. The normalized spacial score (nSPS) is 10.6. The molecule has 3 aromatic carbocycles. The minimum atomic E-state index is -0.459. The summed E-state index contributed by atoms with van der Waals surface area (Å²) in [5, 5.41) is 3.91. The van der Waals surface area contributed by atoms with E-state index >= 15 is 0 Å². The van der Waals surface area contributed by atoms with Gasteiger partial charge in [0.15, 0.2) is 6.61 Å². The monoisotopic (exact) mass is 446 g/mol. The van der Waals surface area contributed by atoms with Gasteiger partial charge >= 0.3 is 5.97 Å². The van der Waals surface area contributed by atoms with Crippen molar-refractivity contribution in [2.45, 2.75) is 20.3 Å². The molecule has 0 fully saturated rings. The first-order chi connectivity index (χ1) is 16.0. The highest BCUT2D eigenvalue weighted by Crippen LogP contribution is 2.16. The van der Waals surface area contributed by atoms with E-state index in [1.165, 1.54) is 6.21 Å². The van der Waals surface area contributed by atoms with E-state index < -0.39 is 5.97 Å². The quantitative estimate of drug-likeness (QED) is 0.214. The molecule has 0 radical (unpaired) electrons. The Morgan fingerprint density at radius 2 is 1.45 bits per heavy atom. The summed E-state index contributed by atoms with van der Waals surface area (Å²) in [5.74, 6) is 0.901. The van der Waals surface area contributed by atoms with Crippen LogP contribution in [-0.2, 0) is 4.79 Å². The number of nitrogens with one attached hydrogen (secondary N) is 1. The maximum absolute atomic E-state index is 12.3. The van der Waals surface area contributed by atoms with Gasteiger partial charge in [0.25, 0.3) is 5.91 Å².